The summed E-state index contributed by atoms with van der Waals surface area (Å²) in [6.07, 6.45) is 4.14. The topological polar surface area (TPSA) is 72.1 Å². The van der Waals surface area contributed by atoms with Gasteiger partial charge in [-0.2, -0.15) is 4.98 Å². The minimum absolute atomic E-state index is 0.0575. The van der Waals surface area contributed by atoms with Crippen LogP contribution in [0.15, 0.2) is 47.2 Å². The smallest absolute Gasteiger partial charge is 0.249 e. The molecular weight excluding hydrogens is 359 g/mol. The van der Waals surface area contributed by atoms with Crippen molar-refractivity contribution in [3.05, 3.63) is 65.0 Å². The molecular formula is C18H14ClFN4O2. The number of benzene rings is 1. The number of halogens is 2. The molecule has 1 atom stereocenters. The highest BCUT2D eigenvalue weighted by atomic mass is 35.5. The van der Waals surface area contributed by atoms with Crippen LogP contribution in [0.25, 0.3) is 11.4 Å². The summed E-state index contributed by atoms with van der Waals surface area (Å²) in [6, 6.07) is 7.59. The van der Waals surface area contributed by atoms with Crippen molar-refractivity contribution in [2.24, 2.45) is 0 Å². The maximum Gasteiger partial charge on any atom is 0.249 e. The molecule has 26 heavy (non-hydrogen) atoms. The first-order chi connectivity index (χ1) is 12.6. The molecule has 3 aromatic rings. The zero-order valence-electron chi connectivity index (χ0n) is 13.6. The molecule has 0 saturated carbocycles. The molecule has 1 amide bonds. The van der Waals surface area contributed by atoms with Crippen molar-refractivity contribution in [2.75, 3.05) is 0 Å². The molecule has 2 aromatic heterocycles. The number of hydrogen-bond acceptors (Lipinski definition) is 5. The first-order valence-corrected chi connectivity index (χ1v) is 8.47. The van der Waals surface area contributed by atoms with Crippen LogP contribution in [0, 0.1) is 5.82 Å². The SMILES string of the molecule is O=C1CCC(c2nc(-c3ccncc3)no2)N1Cc1c(F)cccc1Cl. The molecule has 1 unspecified atom stereocenters. The Bertz CT molecular complexity index is 927. The van der Waals surface area contributed by atoms with Gasteiger partial charge < -0.3 is 9.42 Å². The van der Waals surface area contributed by atoms with Gasteiger partial charge in [-0.3, -0.25) is 9.78 Å². The molecule has 8 heteroatoms. The minimum atomic E-state index is -0.445. The average molecular weight is 373 g/mol. The molecule has 1 aromatic carbocycles. The lowest BCUT2D eigenvalue weighted by atomic mass is 10.1. The van der Waals surface area contributed by atoms with E-state index in [0.29, 0.717) is 24.6 Å². The second-order valence-electron chi connectivity index (χ2n) is 5.97. The minimum Gasteiger partial charge on any atom is -0.337 e. The summed E-state index contributed by atoms with van der Waals surface area (Å²) in [5.74, 6) is 0.206. The summed E-state index contributed by atoms with van der Waals surface area (Å²) >= 11 is 6.10. The first kappa shape index (κ1) is 16.7. The number of nitrogens with zero attached hydrogens (tertiary/aromatic N) is 4. The van der Waals surface area contributed by atoms with Crippen LogP contribution < -0.4 is 0 Å². The first-order valence-electron chi connectivity index (χ1n) is 8.10. The molecule has 1 aliphatic rings. The van der Waals surface area contributed by atoms with E-state index >= 15 is 0 Å². The van der Waals surface area contributed by atoms with Gasteiger partial charge in [0.15, 0.2) is 0 Å². The number of likely N-dealkylation sites (tertiary alicyclic amines) is 1. The van der Waals surface area contributed by atoms with Crippen LogP contribution in [-0.4, -0.2) is 25.9 Å². The van der Waals surface area contributed by atoms with E-state index in [4.69, 9.17) is 16.1 Å². The van der Waals surface area contributed by atoms with E-state index in [9.17, 15) is 9.18 Å². The molecule has 1 fully saturated rings. The van der Waals surface area contributed by atoms with Gasteiger partial charge in [-0.25, -0.2) is 4.39 Å². The summed E-state index contributed by atoms with van der Waals surface area (Å²) in [7, 11) is 0. The zero-order chi connectivity index (χ0) is 18.1. The van der Waals surface area contributed by atoms with Gasteiger partial charge in [0.2, 0.25) is 17.6 Å². The fraction of sp³-hybridized carbons (Fsp3) is 0.222. The fourth-order valence-corrected chi connectivity index (χ4v) is 3.25. The number of carbonyl (C=O) groups is 1. The zero-order valence-corrected chi connectivity index (χ0v) is 14.4. The number of rotatable bonds is 4. The second kappa shape index (κ2) is 6.84. The summed E-state index contributed by atoms with van der Waals surface area (Å²) in [5.41, 5.74) is 1.05. The standard InChI is InChI=1S/C18H14ClFN4O2/c19-13-2-1-3-14(20)12(13)10-24-15(4-5-16(24)25)18-22-17(23-26-18)11-6-8-21-9-7-11/h1-3,6-9,15H,4-5,10H2. The van der Waals surface area contributed by atoms with Gasteiger partial charge in [-0.1, -0.05) is 22.8 Å². The van der Waals surface area contributed by atoms with E-state index in [1.54, 1.807) is 30.6 Å². The van der Waals surface area contributed by atoms with Crippen molar-refractivity contribution in [3.63, 3.8) is 0 Å². The van der Waals surface area contributed by atoms with Gasteiger partial charge in [0.1, 0.15) is 11.9 Å². The lowest BCUT2D eigenvalue weighted by Gasteiger charge is -2.22. The van der Waals surface area contributed by atoms with Gasteiger partial charge in [-0.15, -0.1) is 0 Å². The maximum atomic E-state index is 14.1. The van der Waals surface area contributed by atoms with Crippen molar-refractivity contribution >= 4 is 17.5 Å². The summed E-state index contributed by atoms with van der Waals surface area (Å²) in [4.78, 5) is 22.2. The Morgan fingerprint density at radius 3 is 2.85 bits per heavy atom. The number of pyridine rings is 1. The highest BCUT2D eigenvalue weighted by molar-refractivity contribution is 6.31. The number of aromatic nitrogens is 3. The molecule has 1 aliphatic heterocycles. The molecule has 0 bridgehead atoms. The van der Waals surface area contributed by atoms with Crippen molar-refractivity contribution < 1.29 is 13.7 Å². The van der Waals surface area contributed by atoms with Gasteiger partial charge in [0.25, 0.3) is 0 Å². The number of hydrogen-bond donors (Lipinski definition) is 0. The van der Waals surface area contributed by atoms with E-state index in [1.165, 1.54) is 17.0 Å². The average Bonchev–Trinajstić information content (AvgIpc) is 3.26. The molecule has 6 nitrogen and oxygen atoms in total. The maximum absolute atomic E-state index is 14.1. The van der Waals surface area contributed by atoms with E-state index < -0.39 is 11.9 Å². The van der Waals surface area contributed by atoms with Crippen molar-refractivity contribution in [2.45, 2.75) is 25.4 Å². The summed E-state index contributed by atoms with van der Waals surface area (Å²) in [6.45, 7) is 0.0575. The third-order valence-electron chi connectivity index (χ3n) is 4.38. The van der Waals surface area contributed by atoms with Crippen LogP contribution in [0.5, 0.6) is 0 Å². The van der Waals surface area contributed by atoms with Gasteiger partial charge in [-0.05, 0) is 30.7 Å². The highest BCUT2D eigenvalue weighted by Crippen LogP contribution is 2.35. The van der Waals surface area contributed by atoms with Crippen LogP contribution in [0.1, 0.15) is 30.3 Å². The predicted octanol–water partition coefficient (Wildman–Crippen LogP) is 3.79. The third kappa shape index (κ3) is 3.06. The highest BCUT2D eigenvalue weighted by Gasteiger charge is 2.36. The van der Waals surface area contributed by atoms with Gasteiger partial charge >= 0.3 is 0 Å². The summed E-state index contributed by atoms with van der Waals surface area (Å²) < 4.78 is 19.5. The van der Waals surface area contributed by atoms with Crippen molar-refractivity contribution in [1.29, 1.82) is 0 Å². The number of amides is 1. The lowest BCUT2D eigenvalue weighted by molar-refractivity contribution is -0.130. The Morgan fingerprint density at radius 1 is 1.27 bits per heavy atom. The van der Waals surface area contributed by atoms with Crippen LogP contribution >= 0.6 is 11.6 Å². The summed E-state index contributed by atoms with van der Waals surface area (Å²) in [5, 5.41) is 4.26. The Hall–Kier alpha value is -2.80. The van der Waals surface area contributed by atoms with Crippen molar-refractivity contribution in [3.8, 4) is 11.4 Å². The van der Waals surface area contributed by atoms with Crippen LogP contribution in [0.3, 0.4) is 0 Å². The molecule has 0 radical (unpaired) electrons. The molecule has 0 spiro atoms. The van der Waals surface area contributed by atoms with E-state index in [2.05, 4.69) is 15.1 Å². The Morgan fingerprint density at radius 2 is 2.08 bits per heavy atom. The third-order valence-corrected chi connectivity index (χ3v) is 4.74. The Kier molecular flexibility index (Phi) is 4.38. The van der Waals surface area contributed by atoms with Gasteiger partial charge in [0, 0.05) is 35.0 Å². The molecule has 132 valence electrons. The quantitative estimate of drug-likeness (QED) is 0.696. The largest absolute Gasteiger partial charge is 0.337 e. The van der Waals surface area contributed by atoms with Gasteiger partial charge in [0.05, 0.1) is 6.54 Å². The molecule has 0 aliphatic carbocycles. The van der Waals surface area contributed by atoms with Crippen molar-refractivity contribution in [1.82, 2.24) is 20.0 Å². The molecule has 4 rings (SSSR count). The van der Waals surface area contributed by atoms with E-state index in [-0.39, 0.29) is 23.0 Å². The molecule has 0 N–H and O–H groups in total. The molecule has 1 saturated heterocycles. The number of carbonyl (C=O) groups excluding carboxylic acids is 1. The van der Waals surface area contributed by atoms with Crippen LogP contribution in [0.4, 0.5) is 4.39 Å². The fourth-order valence-electron chi connectivity index (χ4n) is 3.03. The molecule has 3 heterocycles. The predicted molar refractivity (Wildman–Crippen MR) is 91.5 cm³/mol. The van der Waals surface area contributed by atoms with Crippen LogP contribution in [-0.2, 0) is 11.3 Å². The van der Waals surface area contributed by atoms with E-state index in [1.807, 2.05) is 0 Å². The Labute approximate surface area is 153 Å². The van der Waals surface area contributed by atoms with E-state index in [0.717, 1.165) is 5.56 Å². The Balaban J connectivity index is 1.62. The van der Waals surface area contributed by atoms with Crippen LogP contribution in [0.2, 0.25) is 5.02 Å². The normalized spacial score (nSPS) is 17.1. The second-order valence-corrected chi connectivity index (χ2v) is 6.38. The monoisotopic (exact) mass is 372 g/mol. The lowest BCUT2D eigenvalue weighted by Crippen LogP contribution is -2.28.